The van der Waals surface area contributed by atoms with Gasteiger partial charge in [-0.15, -0.1) is 0 Å². The van der Waals surface area contributed by atoms with E-state index in [2.05, 4.69) is 76.0 Å². The molecule has 3 nitrogen and oxygen atoms in total. The largest absolute Gasteiger partial charge is 0.356 e. The number of ether oxygens (including phenoxy) is 1. The number of likely N-dealkylation sites (N-methyl/N-ethyl adjacent to an activating group) is 1. The highest BCUT2D eigenvalue weighted by Gasteiger charge is 2.09. The summed E-state index contributed by atoms with van der Waals surface area (Å²) < 4.78 is 9.24. The zero-order valence-corrected chi connectivity index (χ0v) is 15.8. The average Bonchev–Trinajstić information content (AvgIpc) is 2.91. The molecule has 0 atom stereocenters. The Morgan fingerprint density at radius 3 is 2.62 bits per heavy atom. The molecule has 1 aromatic heterocycles. The lowest BCUT2D eigenvalue weighted by atomic mass is 10.1. The fourth-order valence-corrected chi connectivity index (χ4v) is 3.19. The molecule has 0 unspecified atom stereocenters. The summed E-state index contributed by atoms with van der Waals surface area (Å²) in [4.78, 5) is 2.22. The quantitative estimate of drug-likeness (QED) is 0.586. The van der Waals surface area contributed by atoms with Crippen molar-refractivity contribution in [1.29, 1.82) is 0 Å². The molecule has 3 rings (SSSR count). The van der Waals surface area contributed by atoms with E-state index >= 15 is 0 Å². The zero-order chi connectivity index (χ0) is 16.9. The van der Waals surface area contributed by atoms with Crippen molar-refractivity contribution in [3.05, 3.63) is 70.3 Å². The third-order valence-electron chi connectivity index (χ3n) is 4.10. The molecule has 4 heteroatoms. The van der Waals surface area contributed by atoms with E-state index in [1.54, 1.807) is 0 Å². The monoisotopic (exact) mass is 386 g/mol. The summed E-state index contributed by atoms with van der Waals surface area (Å²) in [6.45, 7) is 2.23. The number of nitrogens with zero attached hydrogens (tertiary/aromatic N) is 2. The Kier molecular flexibility index (Phi) is 5.72. The molecule has 0 N–H and O–H groups in total. The van der Waals surface area contributed by atoms with E-state index in [1.165, 1.54) is 22.0 Å². The Balaban J connectivity index is 1.77. The van der Waals surface area contributed by atoms with Gasteiger partial charge in [-0.1, -0.05) is 46.3 Å². The van der Waals surface area contributed by atoms with Gasteiger partial charge in [0.05, 0.1) is 12.1 Å². The van der Waals surface area contributed by atoms with Gasteiger partial charge in [0.2, 0.25) is 0 Å². The second-order valence-corrected chi connectivity index (χ2v) is 7.22. The Morgan fingerprint density at radius 1 is 1.08 bits per heavy atom. The number of benzene rings is 2. The second-order valence-electron chi connectivity index (χ2n) is 6.30. The van der Waals surface area contributed by atoms with Gasteiger partial charge in [0.25, 0.3) is 0 Å². The first-order valence-corrected chi connectivity index (χ1v) is 8.96. The maximum Gasteiger partial charge on any atom is 0.123 e. The van der Waals surface area contributed by atoms with Gasteiger partial charge in [-0.2, -0.15) is 0 Å². The van der Waals surface area contributed by atoms with E-state index < -0.39 is 0 Å². The summed E-state index contributed by atoms with van der Waals surface area (Å²) >= 11 is 3.59. The van der Waals surface area contributed by atoms with Crippen LogP contribution in [0.5, 0.6) is 0 Å². The second kappa shape index (κ2) is 7.97. The molecule has 0 bridgehead atoms. The summed E-state index contributed by atoms with van der Waals surface area (Å²) in [5.41, 5.74) is 3.79. The molecule has 2 aromatic carbocycles. The summed E-state index contributed by atoms with van der Waals surface area (Å²) in [6.07, 6.45) is 3.26. The molecule has 0 radical (unpaired) electrons. The molecular weight excluding hydrogens is 364 g/mol. The predicted octanol–water partition coefficient (Wildman–Crippen LogP) is 4.68. The van der Waals surface area contributed by atoms with Crippen LogP contribution in [0, 0.1) is 0 Å². The molecule has 0 saturated heterocycles. The van der Waals surface area contributed by atoms with E-state index in [0.717, 1.165) is 17.4 Å². The minimum absolute atomic E-state index is 0.564. The fraction of sp³-hybridized carbons (Fsp3) is 0.300. The van der Waals surface area contributed by atoms with Crippen molar-refractivity contribution >= 4 is 26.8 Å². The SMILES string of the molecule is CN(C)CCc1cn(COCc2ccccc2)c2ccc(Br)cc12. The smallest absolute Gasteiger partial charge is 0.123 e. The van der Waals surface area contributed by atoms with Gasteiger partial charge in [-0.3, -0.25) is 0 Å². The lowest BCUT2D eigenvalue weighted by Gasteiger charge is -2.08. The van der Waals surface area contributed by atoms with Crippen LogP contribution >= 0.6 is 15.9 Å². The molecule has 24 heavy (non-hydrogen) atoms. The van der Waals surface area contributed by atoms with Crippen LogP contribution in [0.2, 0.25) is 0 Å². The van der Waals surface area contributed by atoms with E-state index in [1.807, 2.05) is 18.2 Å². The number of rotatable bonds is 7. The summed E-state index contributed by atoms with van der Waals surface area (Å²) in [7, 11) is 4.22. The van der Waals surface area contributed by atoms with Gasteiger partial charge in [-0.25, -0.2) is 0 Å². The number of hydrogen-bond acceptors (Lipinski definition) is 2. The molecule has 0 aliphatic rings. The molecule has 0 fully saturated rings. The van der Waals surface area contributed by atoms with Crippen LogP contribution in [0.15, 0.2) is 59.2 Å². The van der Waals surface area contributed by atoms with E-state index in [-0.39, 0.29) is 0 Å². The highest BCUT2D eigenvalue weighted by atomic mass is 79.9. The molecule has 0 amide bonds. The van der Waals surface area contributed by atoms with Crippen LogP contribution in [-0.2, 0) is 24.5 Å². The van der Waals surface area contributed by atoms with Crippen molar-refractivity contribution in [3.63, 3.8) is 0 Å². The first kappa shape index (κ1) is 17.2. The van der Waals surface area contributed by atoms with E-state index in [0.29, 0.717) is 13.3 Å². The Hall–Kier alpha value is -1.62. The van der Waals surface area contributed by atoms with Crippen molar-refractivity contribution in [2.45, 2.75) is 19.8 Å². The van der Waals surface area contributed by atoms with E-state index in [9.17, 15) is 0 Å². The Labute approximate surface area is 152 Å². The highest BCUT2D eigenvalue weighted by Crippen LogP contribution is 2.26. The van der Waals surface area contributed by atoms with Gasteiger partial charge in [-0.05, 0) is 49.8 Å². The van der Waals surface area contributed by atoms with Crippen LogP contribution in [0.25, 0.3) is 10.9 Å². The molecule has 3 aromatic rings. The standard InChI is InChI=1S/C20H23BrN2O/c1-22(2)11-10-17-13-23(20-9-8-18(21)12-19(17)20)15-24-14-16-6-4-3-5-7-16/h3-9,12-13H,10-11,14-15H2,1-2H3. The van der Waals surface area contributed by atoms with Crippen molar-refractivity contribution in [3.8, 4) is 0 Å². The van der Waals surface area contributed by atoms with Crippen LogP contribution < -0.4 is 0 Å². The zero-order valence-electron chi connectivity index (χ0n) is 14.2. The molecule has 0 aliphatic heterocycles. The van der Waals surface area contributed by atoms with Crippen LogP contribution in [0.1, 0.15) is 11.1 Å². The first-order chi connectivity index (χ1) is 11.6. The Morgan fingerprint density at radius 2 is 1.88 bits per heavy atom. The number of fused-ring (bicyclic) bond motifs is 1. The van der Waals surface area contributed by atoms with Gasteiger partial charge in [0.15, 0.2) is 0 Å². The fourth-order valence-electron chi connectivity index (χ4n) is 2.83. The molecule has 0 aliphatic carbocycles. The van der Waals surface area contributed by atoms with Crippen molar-refractivity contribution < 1.29 is 4.74 Å². The molecular formula is C20H23BrN2O. The minimum Gasteiger partial charge on any atom is -0.356 e. The van der Waals surface area contributed by atoms with Crippen molar-refractivity contribution in [2.75, 3.05) is 20.6 Å². The maximum atomic E-state index is 5.92. The number of hydrogen-bond donors (Lipinski definition) is 0. The van der Waals surface area contributed by atoms with Crippen LogP contribution in [-0.4, -0.2) is 30.1 Å². The summed E-state index contributed by atoms with van der Waals surface area (Å²) in [5, 5.41) is 1.30. The summed E-state index contributed by atoms with van der Waals surface area (Å²) in [5.74, 6) is 0. The number of aromatic nitrogens is 1. The van der Waals surface area contributed by atoms with Gasteiger partial charge in [0.1, 0.15) is 6.73 Å². The average molecular weight is 387 g/mol. The third-order valence-corrected chi connectivity index (χ3v) is 4.59. The summed E-state index contributed by atoms with van der Waals surface area (Å²) in [6, 6.07) is 16.7. The first-order valence-electron chi connectivity index (χ1n) is 8.17. The topological polar surface area (TPSA) is 17.4 Å². The molecule has 1 heterocycles. The van der Waals surface area contributed by atoms with Crippen molar-refractivity contribution in [2.24, 2.45) is 0 Å². The lowest BCUT2D eigenvalue weighted by molar-refractivity contribution is 0.0667. The van der Waals surface area contributed by atoms with Crippen molar-refractivity contribution in [1.82, 2.24) is 9.47 Å². The minimum atomic E-state index is 0.564. The number of halogens is 1. The molecule has 0 spiro atoms. The molecule has 0 saturated carbocycles. The Bertz CT molecular complexity index is 796. The highest BCUT2D eigenvalue weighted by molar-refractivity contribution is 9.10. The lowest BCUT2D eigenvalue weighted by Crippen LogP contribution is -2.14. The van der Waals surface area contributed by atoms with Gasteiger partial charge in [0, 0.05) is 22.6 Å². The maximum absolute atomic E-state index is 5.92. The van der Waals surface area contributed by atoms with Gasteiger partial charge >= 0.3 is 0 Å². The predicted molar refractivity (Wildman–Crippen MR) is 103 cm³/mol. The molecule has 126 valence electrons. The van der Waals surface area contributed by atoms with Gasteiger partial charge < -0.3 is 14.2 Å². The van der Waals surface area contributed by atoms with Crippen LogP contribution in [0.3, 0.4) is 0 Å². The normalized spacial score (nSPS) is 11.5. The van der Waals surface area contributed by atoms with Crippen LogP contribution in [0.4, 0.5) is 0 Å². The van der Waals surface area contributed by atoms with E-state index in [4.69, 9.17) is 4.74 Å². The third kappa shape index (κ3) is 4.26.